The molecule has 0 unspecified atom stereocenters. The molecular formula is Br3Mn-. The monoisotopic (exact) mass is 292 g/mol. The second-order valence-electron chi connectivity index (χ2n) is 0. The first kappa shape index (κ1) is 38.2. The zero-order valence-corrected chi connectivity index (χ0v) is 7.45. The van der Waals surface area contributed by atoms with E-state index in [1.54, 1.807) is 0 Å². The Morgan fingerprint density at radius 2 is 0.500 bits per heavy atom. The van der Waals surface area contributed by atoms with E-state index in [9.17, 15) is 0 Å². The fourth-order valence-electron chi connectivity index (χ4n) is 0. The van der Waals surface area contributed by atoms with Crippen LogP contribution in [0.5, 0.6) is 0 Å². The van der Waals surface area contributed by atoms with Gasteiger partial charge in [0.1, 0.15) is 0 Å². The van der Waals surface area contributed by atoms with E-state index in [0.717, 1.165) is 0 Å². The van der Waals surface area contributed by atoms with Crippen molar-refractivity contribution >= 4 is 0 Å². The predicted octanol–water partition coefficient (Wildman–Crippen LogP) is -8.99. The fraction of sp³-hybridized carbons (Fsp3) is 0. The molecule has 4 heavy (non-hydrogen) atoms. The number of halogens is 3. The topological polar surface area (TPSA) is 0 Å². The maximum Gasteiger partial charge on any atom is 2.00 e. The van der Waals surface area contributed by atoms with Gasteiger partial charge in [-0.1, -0.05) is 0 Å². The molecule has 4 heteroatoms. The van der Waals surface area contributed by atoms with Crippen LogP contribution in [0, 0.1) is 0 Å². The van der Waals surface area contributed by atoms with Crippen molar-refractivity contribution in [2.75, 3.05) is 0 Å². The van der Waals surface area contributed by atoms with Gasteiger partial charge in [0.15, 0.2) is 0 Å². The van der Waals surface area contributed by atoms with Crippen LogP contribution in [0.2, 0.25) is 0 Å². The first-order valence-electron chi connectivity index (χ1n) is 0. The molecule has 0 aliphatic rings. The Bertz CT molecular complexity index is 3.25. The third-order valence-electron chi connectivity index (χ3n) is 0. The summed E-state index contributed by atoms with van der Waals surface area (Å²) in [6.07, 6.45) is 0. The first-order chi connectivity index (χ1) is 0. The minimum Gasteiger partial charge on any atom is -1.00 e. The van der Waals surface area contributed by atoms with Gasteiger partial charge in [-0.2, -0.15) is 0 Å². The molecule has 0 amide bonds. The zero-order valence-electron chi connectivity index (χ0n) is 1.51. The third kappa shape index (κ3) is 9.03. The predicted molar refractivity (Wildman–Crippen MR) is 0 cm³/mol. The molecule has 0 N–H and O–H groups in total. The molecule has 0 nitrogen and oxygen atoms in total. The summed E-state index contributed by atoms with van der Waals surface area (Å²) in [6.45, 7) is 0. The van der Waals surface area contributed by atoms with Crippen LogP contribution in [0.4, 0.5) is 0 Å². The van der Waals surface area contributed by atoms with Crippen molar-refractivity contribution in [3.05, 3.63) is 0 Å². The molecule has 0 rings (SSSR count). The van der Waals surface area contributed by atoms with Crippen LogP contribution in [0.15, 0.2) is 0 Å². The van der Waals surface area contributed by atoms with Gasteiger partial charge < -0.3 is 50.9 Å². The summed E-state index contributed by atoms with van der Waals surface area (Å²) in [6, 6.07) is 0. The first-order valence-corrected chi connectivity index (χ1v) is 0. The van der Waals surface area contributed by atoms with E-state index in [4.69, 9.17) is 0 Å². The van der Waals surface area contributed by atoms with Crippen LogP contribution in [0.1, 0.15) is 0 Å². The summed E-state index contributed by atoms with van der Waals surface area (Å²) < 4.78 is 0. The van der Waals surface area contributed by atoms with Gasteiger partial charge in [-0.3, -0.25) is 0 Å². The van der Waals surface area contributed by atoms with Crippen molar-refractivity contribution in [3.8, 4) is 0 Å². The second kappa shape index (κ2) is 20.3. The van der Waals surface area contributed by atoms with Gasteiger partial charge in [-0.25, -0.2) is 0 Å². The van der Waals surface area contributed by atoms with E-state index in [1.165, 1.54) is 0 Å². The van der Waals surface area contributed by atoms with Crippen molar-refractivity contribution in [2.24, 2.45) is 0 Å². The van der Waals surface area contributed by atoms with Crippen molar-refractivity contribution in [1.82, 2.24) is 0 Å². The molecule has 0 aromatic rings. The summed E-state index contributed by atoms with van der Waals surface area (Å²) >= 11 is 0. The molecule has 0 saturated heterocycles. The van der Waals surface area contributed by atoms with Crippen LogP contribution >= 0.6 is 0 Å². The van der Waals surface area contributed by atoms with Crippen LogP contribution < -0.4 is 50.9 Å². The van der Waals surface area contributed by atoms with Crippen molar-refractivity contribution in [2.45, 2.75) is 0 Å². The molecule has 0 bridgehead atoms. The standard InChI is InChI=1S/3BrH.Mn/h3*1H;/q;;;+2/p-3. The third-order valence-corrected chi connectivity index (χ3v) is 0. The smallest absolute Gasteiger partial charge is 1.00 e. The molecule has 1 radical (unpaired) electrons. The molecule has 0 saturated carbocycles. The second-order valence-corrected chi connectivity index (χ2v) is 0. The molecule has 0 heterocycles. The van der Waals surface area contributed by atoms with Crippen LogP contribution in [-0.2, 0) is 17.1 Å². The van der Waals surface area contributed by atoms with Crippen molar-refractivity contribution in [3.63, 3.8) is 0 Å². The number of hydrogen-bond donors (Lipinski definition) is 0. The molecule has 0 aromatic heterocycles. The molecule has 0 fully saturated rings. The van der Waals surface area contributed by atoms with E-state index in [-0.39, 0.29) is 68.0 Å². The minimum atomic E-state index is 0. The summed E-state index contributed by atoms with van der Waals surface area (Å²) in [7, 11) is 0. The molecular weight excluding hydrogens is 295 g/mol. The zero-order chi connectivity index (χ0) is 0. The fourth-order valence-corrected chi connectivity index (χ4v) is 0. The molecule has 0 aromatic carbocycles. The van der Waals surface area contributed by atoms with Gasteiger partial charge in [0, 0.05) is 0 Å². The largest absolute Gasteiger partial charge is 2.00 e. The van der Waals surface area contributed by atoms with Gasteiger partial charge in [0.25, 0.3) is 0 Å². The minimum absolute atomic E-state index is 0. The SMILES string of the molecule is [Br-].[Br-].[Br-].[Mn+2]. The van der Waals surface area contributed by atoms with Crippen molar-refractivity contribution in [1.29, 1.82) is 0 Å². The van der Waals surface area contributed by atoms with Crippen LogP contribution in [-0.4, -0.2) is 0 Å². The summed E-state index contributed by atoms with van der Waals surface area (Å²) in [5.41, 5.74) is 0. The normalized spacial score (nSPS) is 0. The number of rotatable bonds is 0. The summed E-state index contributed by atoms with van der Waals surface area (Å²) in [5, 5.41) is 0. The summed E-state index contributed by atoms with van der Waals surface area (Å²) in [5.74, 6) is 0. The van der Waals surface area contributed by atoms with Gasteiger partial charge in [-0.15, -0.1) is 0 Å². The number of hydrogen-bond acceptors (Lipinski definition) is 0. The van der Waals surface area contributed by atoms with Crippen LogP contribution in [0.3, 0.4) is 0 Å². The Kier molecular flexibility index (Phi) is 193. The van der Waals surface area contributed by atoms with Crippen molar-refractivity contribution < 1.29 is 68.0 Å². The Morgan fingerprint density at radius 3 is 0.500 bits per heavy atom. The Morgan fingerprint density at radius 1 is 0.500 bits per heavy atom. The van der Waals surface area contributed by atoms with Gasteiger partial charge in [0.2, 0.25) is 0 Å². The molecule has 0 spiro atoms. The average Bonchev–Trinajstić information content (AvgIpc) is 0. The van der Waals surface area contributed by atoms with E-state index in [2.05, 4.69) is 0 Å². The maximum atomic E-state index is 0. The average molecular weight is 295 g/mol. The Balaban J connectivity index is 0. The molecule has 29 valence electrons. The van der Waals surface area contributed by atoms with Gasteiger partial charge >= 0.3 is 17.1 Å². The molecule has 0 aliphatic carbocycles. The Hall–Kier alpha value is 1.96. The van der Waals surface area contributed by atoms with E-state index < -0.39 is 0 Å². The quantitative estimate of drug-likeness (QED) is 0.389. The van der Waals surface area contributed by atoms with E-state index >= 15 is 0 Å². The van der Waals surface area contributed by atoms with Crippen LogP contribution in [0.25, 0.3) is 0 Å². The van der Waals surface area contributed by atoms with Gasteiger partial charge in [-0.05, 0) is 0 Å². The van der Waals surface area contributed by atoms with E-state index in [0.29, 0.717) is 0 Å². The maximum absolute atomic E-state index is 0. The Labute approximate surface area is 67.5 Å². The summed E-state index contributed by atoms with van der Waals surface area (Å²) in [4.78, 5) is 0. The molecule has 0 aliphatic heterocycles. The molecule has 0 atom stereocenters. The van der Waals surface area contributed by atoms with E-state index in [1.807, 2.05) is 0 Å². The van der Waals surface area contributed by atoms with Gasteiger partial charge in [0.05, 0.1) is 0 Å².